The van der Waals surface area contributed by atoms with Gasteiger partial charge < -0.3 is 5.32 Å². The molecule has 19 heavy (non-hydrogen) atoms. The van der Waals surface area contributed by atoms with Crippen LogP contribution < -0.4 is 5.32 Å². The maximum atomic E-state index is 8.85. The van der Waals surface area contributed by atoms with Gasteiger partial charge in [0.05, 0.1) is 24.4 Å². The summed E-state index contributed by atoms with van der Waals surface area (Å²) in [5.74, 6) is 0. The average molecular weight is 254 g/mol. The van der Waals surface area contributed by atoms with Gasteiger partial charge in [-0.3, -0.25) is 4.68 Å². The quantitative estimate of drug-likeness (QED) is 0.890. The Bertz CT molecular complexity index is 580. The minimum absolute atomic E-state index is 0.324. The molecule has 0 saturated heterocycles. The monoisotopic (exact) mass is 254 g/mol. The van der Waals surface area contributed by atoms with Crippen LogP contribution in [0.3, 0.4) is 0 Å². The van der Waals surface area contributed by atoms with E-state index in [1.165, 1.54) is 5.56 Å². The maximum Gasteiger partial charge on any atom is 0.0991 e. The van der Waals surface area contributed by atoms with E-state index < -0.39 is 0 Å². The first kappa shape index (κ1) is 13.3. The van der Waals surface area contributed by atoms with Crippen LogP contribution in [0.4, 0.5) is 0 Å². The SMILES string of the molecule is Cc1cnn(C[C@@H](C)NCc2cccc(C#N)c2)c1. The van der Waals surface area contributed by atoms with Crippen molar-refractivity contribution in [3.05, 3.63) is 53.3 Å². The van der Waals surface area contributed by atoms with Gasteiger partial charge in [0.2, 0.25) is 0 Å². The number of nitrogens with one attached hydrogen (secondary N) is 1. The number of hydrogen-bond acceptors (Lipinski definition) is 3. The van der Waals surface area contributed by atoms with Gasteiger partial charge >= 0.3 is 0 Å². The lowest BCUT2D eigenvalue weighted by atomic mass is 10.1. The molecule has 0 unspecified atom stereocenters. The van der Waals surface area contributed by atoms with E-state index in [0.29, 0.717) is 11.6 Å². The van der Waals surface area contributed by atoms with Gasteiger partial charge in [-0.05, 0) is 37.1 Å². The first-order valence-electron chi connectivity index (χ1n) is 6.39. The lowest BCUT2D eigenvalue weighted by Crippen LogP contribution is -2.30. The van der Waals surface area contributed by atoms with Crippen molar-refractivity contribution in [2.24, 2.45) is 0 Å². The lowest BCUT2D eigenvalue weighted by molar-refractivity contribution is 0.450. The highest BCUT2D eigenvalue weighted by Gasteiger charge is 2.04. The Morgan fingerprint density at radius 3 is 3.00 bits per heavy atom. The standard InChI is InChI=1S/C15H18N4/c1-12-8-18-19(10-12)11-13(2)17-9-15-5-3-4-14(6-15)7-16/h3-6,8,10,13,17H,9,11H2,1-2H3/t13-/m1/s1. The molecule has 0 spiro atoms. The van der Waals surface area contributed by atoms with E-state index in [-0.39, 0.29) is 0 Å². The van der Waals surface area contributed by atoms with Crippen LogP contribution in [-0.4, -0.2) is 15.8 Å². The van der Waals surface area contributed by atoms with Gasteiger partial charge in [0.15, 0.2) is 0 Å². The summed E-state index contributed by atoms with van der Waals surface area (Å²) in [6.07, 6.45) is 3.90. The van der Waals surface area contributed by atoms with Crippen LogP contribution in [0.1, 0.15) is 23.6 Å². The Labute approximate surface area is 113 Å². The Kier molecular flexibility index (Phi) is 4.32. The van der Waals surface area contributed by atoms with E-state index in [9.17, 15) is 0 Å². The van der Waals surface area contributed by atoms with Crippen molar-refractivity contribution in [2.45, 2.75) is 33.0 Å². The van der Waals surface area contributed by atoms with E-state index in [1.807, 2.05) is 48.3 Å². The van der Waals surface area contributed by atoms with Crippen molar-refractivity contribution in [1.82, 2.24) is 15.1 Å². The molecular formula is C15H18N4. The molecule has 0 aliphatic heterocycles. The zero-order valence-corrected chi connectivity index (χ0v) is 11.3. The number of nitriles is 1. The summed E-state index contributed by atoms with van der Waals surface area (Å²) in [5.41, 5.74) is 3.01. The third-order valence-corrected chi connectivity index (χ3v) is 2.93. The third-order valence-electron chi connectivity index (χ3n) is 2.93. The second-order valence-electron chi connectivity index (χ2n) is 4.83. The molecule has 98 valence electrons. The minimum atomic E-state index is 0.324. The molecule has 0 aliphatic carbocycles. The number of hydrogen-bond donors (Lipinski definition) is 1. The van der Waals surface area contributed by atoms with Gasteiger partial charge in [0.1, 0.15) is 0 Å². The molecule has 2 aromatic rings. The summed E-state index contributed by atoms with van der Waals surface area (Å²) < 4.78 is 1.94. The van der Waals surface area contributed by atoms with Crippen molar-refractivity contribution in [2.75, 3.05) is 0 Å². The summed E-state index contributed by atoms with van der Waals surface area (Å²) in [6, 6.07) is 10.2. The molecule has 1 aromatic heterocycles. The molecule has 1 atom stereocenters. The summed E-state index contributed by atoms with van der Waals surface area (Å²) in [6.45, 7) is 5.77. The maximum absolute atomic E-state index is 8.85. The second kappa shape index (κ2) is 6.17. The number of aromatic nitrogens is 2. The Morgan fingerprint density at radius 2 is 2.32 bits per heavy atom. The zero-order chi connectivity index (χ0) is 13.7. The van der Waals surface area contributed by atoms with Crippen molar-refractivity contribution in [3.63, 3.8) is 0 Å². The molecule has 0 bridgehead atoms. The van der Waals surface area contributed by atoms with E-state index in [4.69, 9.17) is 5.26 Å². The summed E-state index contributed by atoms with van der Waals surface area (Å²) in [7, 11) is 0. The van der Waals surface area contributed by atoms with Gasteiger partial charge in [-0.2, -0.15) is 10.4 Å². The van der Waals surface area contributed by atoms with Crippen molar-refractivity contribution >= 4 is 0 Å². The van der Waals surface area contributed by atoms with Gasteiger partial charge in [-0.25, -0.2) is 0 Å². The normalized spacial score (nSPS) is 12.1. The fraction of sp³-hybridized carbons (Fsp3) is 0.333. The number of aryl methyl sites for hydroxylation is 1. The number of rotatable bonds is 5. The summed E-state index contributed by atoms with van der Waals surface area (Å²) in [4.78, 5) is 0. The van der Waals surface area contributed by atoms with Crippen molar-refractivity contribution in [1.29, 1.82) is 5.26 Å². The molecule has 4 nitrogen and oxygen atoms in total. The van der Waals surface area contributed by atoms with Crippen LogP contribution in [0, 0.1) is 18.3 Å². The minimum Gasteiger partial charge on any atom is -0.308 e. The lowest BCUT2D eigenvalue weighted by Gasteiger charge is -2.14. The van der Waals surface area contributed by atoms with E-state index >= 15 is 0 Å². The molecule has 0 radical (unpaired) electrons. The van der Waals surface area contributed by atoms with Crippen LogP contribution in [0.2, 0.25) is 0 Å². The Balaban J connectivity index is 1.86. The first-order valence-corrected chi connectivity index (χ1v) is 6.39. The van der Waals surface area contributed by atoms with E-state index in [0.717, 1.165) is 18.7 Å². The van der Waals surface area contributed by atoms with Crippen LogP contribution in [-0.2, 0) is 13.1 Å². The van der Waals surface area contributed by atoms with Gasteiger partial charge in [0, 0.05) is 18.8 Å². The third kappa shape index (κ3) is 3.94. The number of benzene rings is 1. The summed E-state index contributed by atoms with van der Waals surface area (Å²) in [5, 5.41) is 16.6. The molecule has 0 amide bonds. The molecule has 0 fully saturated rings. The van der Waals surface area contributed by atoms with Crippen LogP contribution in [0.15, 0.2) is 36.7 Å². The van der Waals surface area contributed by atoms with Crippen molar-refractivity contribution < 1.29 is 0 Å². The fourth-order valence-electron chi connectivity index (χ4n) is 1.95. The molecule has 0 saturated carbocycles. The topological polar surface area (TPSA) is 53.6 Å². The molecule has 1 N–H and O–H groups in total. The molecule has 2 rings (SSSR count). The fourth-order valence-corrected chi connectivity index (χ4v) is 1.95. The van der Waals surface area contributed by atoms with Crippen molar-refractivity contribution in [3.8, 4) is 6.07 Å². The van der Waals surface area contributed by atoms with Gasteiger partial charge in [-0.15, -0.1) is 0 Å². The van der Waals surface area contributed by atoms with Crippen LogP contribution >= 0.6 is 0 Å². The highest BCUT2D eigenvalue weighted by Crippen LogP contribution is 2.04. The van der Waals surface area contributed by atoms with E-state index in [2.05, 4.69) is 23.4 Å². The predicted molar refractivity (Wildman–Crippen MR) is 74.4 cm³/mol. The Morgan fingerprint density at radius 1 is 1.47 bits per heavy atom. The molecule has 0 aliphatic rings. The average Bonchev–Trinajstić information content (AvgIpc) is 2.82. The zero-order valence-electron chi connectivity index (χ0n) is 11.3. The summed E-state index contributed by atoms with van der Waals surface area (Å²) >= 11 is 0. The molecule has 1 aromatic carbocycles. The first-order chi connectivity index (χ1) is 9.17. The smallest absolute Gasteiger partial charge is 0.0991 e. The highest BCUT2D eigenvalue weighted by molar-refractivity contribution is 5.32. The van der Waals surface area contributed by atoms with Crippen LogP contribution in [0.25, 0.3) is 0 Å². The largest absolute Gasteiger partial charge is 0.308 e. The predicted octanol–water partition coefficient (Wildman–Crippen LogP) is 2.24. The van der Waals surface area contributed by atoms with Gasteiger partial charge in [-0.1, -0.05) is 12.1 Å². The number of nitrogens with zero attached hydrogens (tertiary/aromatic N) is 3. The molecule has 4 heteroatoms. The highest BCUT2D eigenvalue weighted by atomic mass is 15.3. The van der Waals surface area contributed by atoms with Crippen LogP contribution in [0.5, 0.6) is 0 Å². The molecule has 1 heterocycles. The molecular weight excluding hydrogens is 236 g/mol. The van der Waals surface area contributed by atoms with E-state index in [1.54, 1.807) is 0 Å². The van der Waals surface area contributed by atoms with Gasteiger partial charge in [0.25, 0.3) is 0 Å². The second-order valence-corrected chi connectivity index (χ2v) is 4.83. The Hall–Kier alpha value is -2.12.